The molecule has 0 saturated heterocycles. The average Bonchev–Trinajstić information content (AvgIpc) is 2.03. The summed E-state index contributed by atoms with van der Waals surface area (Å²) >= 11 is 0. The summed E-state index contributed by atoms with van der Waals surface area (Å²) in [4.78, 5) is 10.8. The fourth-order valence-corrected chi connectivity index (χ4v) is 1.10. The van der Waals surface area contributed by atoms with E-state index < -0.39 is 0 Å². The zero-order chi connectivity index (χ0) is 9.14. The first kappa shape index (κ1) is 12.0. The number of halogens is 1. The molecule has 0 fully saturated rings. The molecule has 0 aromatic heterocycles. The predicted octanol–water partition coefficient (Wildman–Crippen LogP) is 2.01. The number of hydrogen-bond donors (Lipinski definition) is 1. The van der Waals surface area contributed by atoms with E-state index in [-0.39, 0.29) is 24.2 Å². The molecule has 1 aromatic carbocycles. The van der Waals surface area contributed by atoms with Crippen molar-refractivity contribution in [1.29, 1.82) is 0 Å². The van der Waals surface area contributed by atoms with Crippen LogP contribution in [-0.2, 0) is 4.79 Å². The van der Waals surface area contributed by atoms with Gasteiger partial charge >= 0.3 is 0 Å². The van der Waals surface area contributed by atoms with Gasteiger partial charge in [0, 0.05) is 0 Å². The van der Waals surface area contributed by atoms with Gasteiger partial charge in [-0.3, -0.25) is 4.79 Å². The van der Waals surface area contributed by atoms with Gasteiger partial charge in [-0.25, -0.2) is 0 Å². The van der Waals surface area contributed by atoms with Crippen molar-refractivity contribution < 1.29 is 4.79 Å². The molecule has 0 aliphatic carbocycles. The van der Waals surface area contributed by atoms with E-state index in [1.54, 1.807) is 0 Å². The zero-order valence-electron chi connectivity index (χ0n) is 7.78. The molecule has 3 heteroatoms. The number of nitrogens with two attached hydrogens (primary N) is 1. The predicted molar refractivity (Wildman–Crippen MR) is 56.0 cm³/mol. The van der Waals surface area contributed by atoms with Gasteiger partial charge in [-0.2, -0.15) is 0 Å². The SMILES string of the molecule is Cc1cccc(C(C)C(N)=O)c1.Cl. The maximum absolute atomic E-state index is 10.8. The summed E-state index contributed by atoms with van der Waals surface area (Å²) in [6.45, 7) is 3.81. The largest absolute Gasteiger partial charge is 0.369 e. The summed E-state index contributed by atoms with van der Waals surface area (Å²) in [5.74, 6) is -0.467. The van der Waals surface area contributed by atoms with E-state index in [2.05, 4.69) is 0 Å². The zero-order valence-corrected chi connectivity index (χ0v) is 8.60. The van der Waals surface area contributed by atoms with Crippen molar-refractivity contribution in [3.8, 4) is 0 Å². The summed E-state index contributed by atoms with van der Waals surface area (Å²) in [6, 6.07) is 7.83. The van der Waals surface area contributed by atoms with Crippen molar-refractivity contribution in [2.75, 3.05) is 0 Å². The Hall–Kier alpha value is -1.02. The molecule has 1 rings (SSSR count). The molecule has 1 unspecified atom stereocenters. The van der Waals surface area contributed by atoms with Crippen LogP contribution in [0.25, 0.3) is 0 Å². The number of hydrogen-bond acceptors (Lipinski definition) is 1. The number of aryl methyl sites for hydroxylation is 1. The van der Waals surface area contributed by atoms with E-state index in [4.69, 9.17) is 5.73 Å². The lowest BCUT2D eigenvalue weighted by Gasteiger charge is -2.07. The fourth-order valence-electron chi connectivity index (χ4n) is 1.10. The second-order valence-corrected chi connectivity index (χ2v) is 3.04. The lowest BCUT2D eigenvalue weighted by atomic mass is 9.99. The van der Waals surface area contributed by atoms with E-state index in [0.717, 1.165) is 11.1 Å². The molecule has 0 bridgehead atoms. The molecule has 0 aliphatic heterocycles. The Balaban J connectivity index is 0.00000144. The Kier molecular flexibility index (Phi) is 4.49. The quantitative estimate of drug-likeness (QED) is 0.778. The third kappa shape index (κ3) is 3.07. The molecular weight excluding hydrogens is 186 g/mol. The first-order valence-corrected chi connectivity index (χ1v) is 3.97. The summed E-state index contributed by atoms with van der Waals surface area (Å²) in [6.07, 6.45) is 0. The number of carbonyl (C=O) groups is 1. The third-order valence-corrected chi connectivity index (χ3v) is 1.97. The van der Waals surface area contributed by atoms with Gasteiger partial charge in [0.15, 0.2) is 0 Å². The van der Waals surface area contributed by atoms with E-state index in [1.807, 2.05) is 38.1 Å². The lowest BCUT2D eigenvalue weighted by molar-refractivity contribution is -0.119. The highest BCUT2D eigenvalue weighted by atomic mass is 35.5. The molecule has 0 aliphatic rings. The van der Waals surface area contributed by atoms with Crippen LogP contribution in [0.4, 0.5) is 0 Å². The van der Waals surface area contributed by atoms with Crippen molar-refractivity contribution in [1.82, 2.24) is 0 Å². The normalized spacial score (nSPS) is 11.5. The van der Waals surface area contributed by atoms with Crippen molar-refractivity contribution in [2.45, 2.75) is 19.8 Å². The molecule has 1 atom stereocenters. The highest BCUT2D eigenvalue weighted by Gasteiger charge is 2.10. The van der Waals surface area contributed by atoms with Crippen molar-refractivity contribution in [3.05, 3.63) is 35.4 Å². The fraction of sp³-hybridized carbons (Fsp3) is 0.300. The first-order valence-electron chi connectivity index (χ1n) is 3.97. The van der Waals surface area contributed by atoms with Crippen LogP contribution in [-0.4, -0.2) is 5.91 Å². The minimum Gasteiger partial charge on any atom is -0.369 e. The number of primary amides is 1. The summed E-state index contributed by atoms with van der Waals surface area (Å²) in [7, 11) is 0. The highest BCUT2D eigenvalue weighted by molar-refractivity contribution is 5.85. The molecule has 1 aromatic rings. The van der Waals surface area contributed by atoms with Gasteiger partial charge in [0.1, 0.15) is 0 Å². The minimum atomic E-state index is -0.277. The Morgan fingerprint density at radius 1 is 1.46 bits per heavy atom. The number of benzene rings is 1. The molecule has 0 saturated carbocycles. The topological polar surface area (TPSA) is 43.1 Å². The van der Waals surface area contributed by atoms with Gasteiger partial charge in [0.25, 0.3) is 0 Å². The van der Waals surface area contributed by atoms with Crippen LogP contribution in [0.5, 0.6) is 0 Å². The van der Waals surface area contributed by atoms with Gasteiger partial charge in [-0.15, -0.1) is 12.4 Å². The van der Waals surface area contributed by atoms with E-state index in [1.165, 1.54) is 0 Å². The van der Waals surface area contributed by atoms with Crippen LogP contribution in [0.15, 0.2) is 24.3 Å². The van der Waals surface area contributed by atoms with E-state index in [0.29, 0.717) is 0 Å². The number of amides is 1. The van der Waals surface area contributed by atoms with Crippen LogP contribution >= 0.6 is 12.4 Å². The third-order valence-electron chi connectivity index (χ3n) is 1.97. The lowest BCUT2D eigenvalue weighted by Crippen LogP contribution is -2.18. The molecule has 72 valence electrons. The van der Waals surface area contributed by atoms with Gasteiger partial charge in [-0.05, 0) is 19.4 Å². The van der Waals surface area contributed by atoms with Crippen LogP contribution < -0.4 is 5.73 Å². The van der Waals surface area contributed by atoms with Crippen molar-refractivity contribution in [3.63, 3.8) is 0 Å². The van der Waals surface area contributed by atoms with Crippen LogP contribution in [0.2, 0.25) is 0 Å². The number of carbonyl (C=O) groups excluding carboxylic acids is 1. The molecule has 13 heavy (non-hydrogen) atoms. The standard InChI is InChI=1S/C10H13NO.ClH/c1-7-4-3-5-9(6-7)8(2)10(11)12;/h3-6,8H,1-2H3,(H2,11,12);1H. The summed E-state index contributed by atoms with van der Waals surface area (Å²) < 4.78 is 0. The van der Waals surface area contributed by atoms with Crippen LogP contribution in [0.1, 0.15) is 24.0 Å². The highest BCUT2D eigenvalue weighted by Crippen LogP contribution is 2.15. The molecule has 0 radical (unpaired) electrons. The summed E-state index contributed by atoms with van der Waals surface area (Å²) in [5, 5.41) is 0. The van der Waals surface area contributed by atoms with E-state index in [9.17, 15) is 4.79 Å². The molecule has 2 N–H and O–H groups in total. The second kappa shape index (κ2) is 4.87. The molecule has 0 heterocycles. The van der Waals surface area contributed by atoms with E-state index >= 15 is 0 Å². The first-order chi connectivity index (χ1) is 5.61. The van der Waals surface area contributed by atoms with Crippen LogP contribution in [0.3, 0.4) is 0 Å². The molecular formula is C10H14ClNO. The van der Waals surface area contributed by atoms with Gasteiger partial charge in [-0.1, -0.05) is 29.8 Å². The van der Waals surface area contributed by atoms with Gasteiger partial charge < -0.3 is 5.73 Å². The molecule has 0 spiro atoms. The average molecular weight is 200 g/mol. The maximum Gasteiger partial charge on any atom is 0.224 e. The smallest absolute Gasteiger partial charge is 0.224 e. The second-order valence-electron chi connectivity index (χ2n) is 3.04. The Bertz CT molecular complexity index is 299. The van der Waals surface area contributed by atoms with Crippen LogP contribution in [0, 0.1) is 6.92 Å². The van der Waals surface area contributed by atoms with Crippen molar-refractivity contribution in [2.24, 2.45) is 5.73 Å². The van der Waals surface area contributed by atoms with Gasteiger partial charge in [0.05, 0.1) is 5.92 Å². The summed E-state index contributed by atoms with van der Waals surface area (Å²) in [5.41, 5.74) is 7.32. The van der Waals surface area contributed by atoms with Crippen molar-refractivity contribution >= 4 is 18.3 Å². The Labute approximate surface area is 84.5 Å². The maximum atomic E-state index is 10.8. The molecule has 2 nitrogen and oxygen atoms in total. The monoisotopic (exact) mass is 199 g/mol. The Morgan fingerprint density at radius 2 is 2.08 bits per heavy atom. The molecule has 1 amide bonds. The Morgan fingerprint density at radius 3 is 2.54 bits per heavy atom. The number of rotatable bonds is 2. The van der Waals surface area contributed by atoms with Gasteiger partial charge in [0.2, 0.25) is 5.91 Å². The minimum absolute atomic E-state index is 0.